The Morgan fingerprint density at radius 2 is 1.95 bits per heavy atom. The monoisotopic (exact) mass is 295 g/mol. The van der Waals surface area contributed by atoms with Gasteiger partial charge in [0.15, 0.2) is 0 Å². The quantitative estimate of drug-likeness (QED) is 0.654. The van der Waals surface area contributed by atoms with Gasteiger partial charge in [-0.15, -0.1) is 0 Å². The maximum absolute atomic E-state index is 11.6. The number of nitrogens with one attached hydrogen (secondary N) is 1. The second-order valence-electron chi connectivity index (χ2n) is 4.58. The van der Waals surface area contributed by atoms with Crippen molar-refractivity contribution in [2.45, 2.75) is 31.3 Å². The fourth-order valence-electron chi connectivity index (χ4n) is 1.85. The molecule has 0 aliphatic rings. The third-order valence-corrected chi connectivity index (χ3v) is 4.04. The summed E-state index contributed by atoms with van der Waals surface area (Å²) in [5, 5.41) is 1.18. The van der Waals surface area contributed by atoms with Crippen LogP contribution in [0, 0.1) is 0 Å². The topological polar surface area (TPSA) is 75.6 Å². The molecule has 0 aliphatic heterocycles. The molecule has 2 aromatic rings. The smallest absolute Gasteiger partial charge is 0.282 e. The highest BCUT2D eigenvalue weighted by Crippen LogP contribution is 2.30. The molecule has 2 N–H and O–H groups in total. The van der Waals surface area contributed by atoms with Crippen molar-refractivity contribution in [2.24, 2.45) is 0 Å². The Morgan fingerprint density at radius 1 is 1.25 bits per heavy atom. The van der Waals surface area contributed by atoms with Gasteiger partial charge in [0.1, 0.15) is 4.90 Å². The predicted molar refractivity (Wildman–Crippen MR) is 78.2 cm³/mol. The van der Waals surface area contributed by atoms with E-state index in [0.29, 0.717) is 5.39 Å². The summed E-state index contributed by atoms with van der Waals surface area (Å²) in [7, 11) is -4.36. The van der Waals surface area contributed by atoms with Crippen LogP contribution in [0.1, 0.15) is 20.3 Å². The molecule has 0 spiro atoms. The zero-order valence-electron chi connectivity index (χ0n) is 11.3. The normalized spacial score (nSPS) is 13.3. The van der Waals surface area contributed by atoms with Crippen LogP contribution in [0.3, 0.4) is 0 Å². The van der Waals surface area contributed by atoms with Crippen LogP contribution in [0.15, 0.2) is 41.3 Å². The van der Waals surface area contributed by atoms with E-state index in [9.17, 15) is 13.0 Å². The molecule has 2 aromatic carbocycles. The third kappa shape index (κ3) is 3.09. The van der Waals surface area contributed by atoms with Crippen molar-refractivity contribution in [2.75, 3.05) is 5.48 Å². The SMILES string of the molecule is CCC(C)ONc1ccc2ccccc2c1S(=O)(=O)O. The molecule has 0 bridgehead atoms. The molecular weight excluding hydrogens is 278 g/mol. The zero-order valence-corrected chi connectivity index (χ0v) is 12.1. The van der Waals surface area contributed by atoms with Crippen molar-refractivity contribution in [3.63, 3.8) is 0 Å². The largest absolute Gasteiger partial charge is 0.297 e. The van der Waals surface area contributed by atoms with Gasteiger partial charge in [-0.25, -0.2) is 0 Å². The van der Waals surface area contributed by atoms with Crippen molar-refractivity contribution < 1.29 is 17.8 Å². The van der Waals surface area contributed by atoms with Gasteiger partial charge in [0, 0.05) is 5.39 Å². The minimum Gasteiger partial charge on any atom is -0.282 e. The summed E-state index contributed by atoms with van der Waals surface area (Å²) in [6.45, 7) is 3.82. The van der Waals surface area contributed by atoms with Gasteiger partial charge in [-0.2, -0.15) is 8.42 Å². The van der Waals surface area contributed by atoms with E-state index in [-0.39, 0.29) is 16.7 Å². The molecule has 0 aliphatic carbocycles. The third-order valence-electron chi connectivity index (χ3n) is 3.08. The highest BCUT2D eigenvalue weighted by molar-refractivity contribution is 7.86. The maximum Gasteiger partial charge on any atom is 0.297 e. The van der Waals surface area contributed by atoms with Crippen LogP contribution in [-0.4, -0.2) is 19.1 Å². The van der Waals surface area contributed by atoms with Crippen molar-refractivity contribution in [1.29, 1.82) is 0 Å². The summed E-state index contributed by atoms with van der Waals surface area (Å²) in [5.74, 6) is 0. The van der Waals surface area contributed by atoms with E-state index in [1.165, 1.54) is 0 Å². The fourth-order valence-corrected chi connectivity index (χ4v) is 2.70. The van der Waals surface area contributed by atoms with Crippen LogP contribution in [0.25, 0.3) is 10.8 Å². The van der Waals surface area contributed by atoms with Crippen molar-refractivity contribution >= 4 is 26.6 Å². The molecule has 0 saturated heterocycles. The number of anilines is 1. The molecule has 0 aromatic heterocycles. The Morgan fingerprint density at radius 3 is 2.60 bits per heavy atom. The maximum atomic E-state index is 11.6. The van der Waals surface area contributed by atoms with Gasteiger partial charge in [-0.3, -0.25) is 14.9 Å². The van der Waals surface area contributed by atoms with E-state index in [4.69, 9.17) is 4.84 Å². The van der Waals surface area contributed by atoms with Crippen molar-refractivity contribution in [3.05, 3.63) is 36.4 Å². The highest BCUT2D eigenvalue weighted by atomic mass is 32.2. The van der Waals surface area contributed by atoms with Crippen LogP contribution in [-0.2, 0) is 15.0 Å². The van der Waals surface area contributed by atoms with E-state index in [1.807, 2.05) is 13.8 Å². The Kier molecular flexibility index (Phi) is 4.27. The Hall–Kier alpha value is -1.63. The molecule has 0 saturated carbocycles. The van der Waals surface area contributed by atoms with E-state index in [0.717, 1.165) is 11.8 Å². The first-order valence-corrected chi connectivity index (χ1v) is 7.78. The average molecular weight is 295 g/mol. The van der Waals surface area contributed by atoms with E-state index >= 15 is 0 Å². The zero-order chi connectivity index (χ0) is 14.8. The van der Waals surface area contributed by atoms with Gasteiger partial charge in [0.25, 0.3) is 10.1 Å². The molecule has 20 heavy (non-hydrogen) atoms. The van der Waals surface area contributed by atoms with E-state index < -0.39 is 10.1 Å². The lowest BCUT2D eigenvalue weighted by atomic mass is 10.1. The van der Waals surface area contributed by atoms with E-state index in [2.05, 4.69) is 5.48 Å². The summed E-state index contributed by atoms with van der Waals surface area (Å²) >= 11 is 0. The summed E-state index contributed by atoms with van der Waals surface area (Å²) in [6, 6.07) is 10.3. The van der Waals surface area contributed by atoms with Gasteiger partial charge in [-0.1, -0.05) is 37.3 Å². The first-order chi connectivity index (χ1) is 9.43. The number of rotatable bonds is 5. The number of hydrogen-bond donors (Lipinski definition) is 2. The standard InChI is InChI=1S/C14H17NO4S/c1-3-10(2)19-15-13-9-8-11-6-4-5-7-12(11)14(13)20(16,17)18/h4-10,15H,3H2,1-2H3,(H,16,17,18). The van der Waals surface area contributed by atoms with Crippen LogP contribution >= 0.6 is 0 Å². The molecule has 1 unspecified atom stereocenters. The van der Waals surface area contributed by atoms with Gasteiger partial charge < -0.3 is 0 Å². The Labute approximate surface area is 118 Å². The summed E-state index contributed by atoms with van der Waals surface area (Å²) < 4.78 is 32.8. The van der Waals surface area contributed by atoms with Crippen LogP contribution in [0.5, 0.6) is 0 Å². The minimum absolute atomic E-state index is 0.0734. The molecule has 5 nitrogen and oxygen atoms in total. The lowest BCUT2D eigenvalue weighted by Gasteiger charge is -2.15. The lowest BCUT2D eigenvalue weighted by molar-refractivity contribution is 0.111. The molecule has 1 atom stereocenters. The summed E-state index contributed by atoms with van der Waals surface area (Å²) in [5.41, 5.74) is 2.85. The van der Waals surface area contributed by atoms with Crippen LogP contribution in [0.4, 0.5) is 5.69 Å². The lowest BCUT2D eigenvalue weighted by Crippen LogP contribution is -2.14. The second-order valence-corrected chi connectivity index (χ2v) is 5.94. The molecule has 0 amide bonds. The molecule has 6 heteroatoms. The van der Waals surface area contributed by atoms with Crippen molar-refractivity contribution in [3.8, 4) is 0 Å². The number of fused-ring (bicyclic) bond motifs is 1. The molecule has 0 radical (unpaired) electrons. The fraction of sp³-hybridized carbons (Fsp3) is 0.286. The van der Waals surface area contributed by atoms with Crippen LogP contribution in [0.2, 0.25) is 0 Å². The van der Waals surface area contributed by atoms with Gasteiger partial charge in [0.05, 0.1) is 11.8 Å². The predicted octanol–water partition coefficient (Wildman–Crippen LogP) is 3.23. The second kappa shape index (κ2) is 5.78. The first-order valence-electron chi connectivity index (χ1n) is 6.34. The summed E-state index contributed by atoms with van der Waals surface area (Å²) in [4.78, 5) is 5.17. The van der Waals surface area contributed by atoms with Gasteiger partial charge in [-0.05, 0) is 24.8 Å². The average Bonchev–Trinajstić information content (AvgIpc) is 2.42. The van der Waals surface area contributed by atoms with E-state index in [1.54, 1.807) is 36.4 Å². The Balaban J connectivity index is 2.54. The van der Waals surface area contributed by atoms with Crippen molar-refractivity contribution in [1.82, 2.24) is 0 Å². The number of benzene rings is 2. The first kappa shape index (κ1) is 14.8. The van der Waals surface area contributed by atoms with Gasteiger partial charge in [0.2, 0.25) is 0 Å². The van der Waals surface area contributed by atoms with Crippen LogP contribution < -0.4 is 5.48 Å². The molecule has 0 heterocycles. The highest BCUT2D eigenvalue weighted by Gasteiger charge is 2.19. The Bertz CT molecular complexity index is 712. The molecule has 2 rings (SSSR count). The number of hydrogen-bond acceptors (Lipinski definition) is 4. The minimum atomic E-state index is -4.36. The molecule has 108 valence electrons. The summed E-state index contributed by atoms with van der Waals surface area (Å²) in [6.07, 6.45) is 0.706. The molecule has 0 fully saturated rings. The molecular formula is C14H17NO4S. The van der Waals surface area contributed by atoms with Gasteiger partial charge >= 0.3 is 0 Å².